The fraction of sp³-hybridized carbons (Fsp3) is 0.909. The van der Waals surface area contributed by atoms with Gasteiger partial charge in [0.1, 0.15) is 13.2 Å². The van der Waals surface area contributed by atoms with Crippen LogP contribution in [0.3, 0.4) is 0 Å². The van der Waals surface area contributed by atoms with Crippen molar-refractivity contribution in [2.24, 2.45) is 0 Å². The van der Waals surface area contributed by atoms with Crippen molar-refractivity contribution < 1.29 is 41.6 Å². The largest absolute Gasteiger partial charge is 0.464 e. The van der Waals surface area contributed by atoms with E-state index in [0.29, 0.717) is 12.8 Å². The first-order chi connectivity index (χ1) is 27.1. The van der Waals surface area contributed by atoms with Crippen LogP contribution in [0.1, 0.15) is 226 Å². The van der Waals surface area contributed by atoms with E-state index >= 15 is 0 Å². The van der Waals surface area contributed by atoms with E-state index in [0.717, 1.165) is 38.5 Å². The molecule has 330 valence electrons. The van der Waals surface area contributed by atoms with Crippen LogP contribution in [-0.2, 0) is 38.8 Å². The maximum atomic E-state index is 12.4. The highest BCUT2D eigenvalue weighted by Gasteiger charge is 2.35. The third-order valence-electron chi connectivity index (χ3n) is 10.3. The van der Waals surface area contributed by atoms with Gasteiger partial charge in [-0.1, -0.05) is 194 Å². The van der Waals surface area contributed by atoms with E-state index in [1.165, 1.54) is 154 Å². The van der Waals surface area contributed by atoms with Gasteiger partial charge in [0.25, 0.3) is 10.1 Å². The number of amides is 2. The van der Waals surface area contributed by atoms with E-state index in [9.17, 15) is 32.1 Å². The Kier molecular flexibility index (Phi) is 38.0. The van der Waals surface area contributed by atoms with Gasteiger partial charge < -0.3 is 20.1 Å². The van der Waals surface area contributed by atoms with Gasteiger partial charge in [-0.25, -0.2) is 0 Å². The molecule has 2 amide bonds. The molecule has 3 N–H and O–H groups in total. The summed E-state index contributed by atoms with van der Waals surface area (Å²) in [5.41, 5.74) is 0. The number of rotatable bonds is 42. The molecule has 0 bridgehead atoms. The summed E-state index contributed by atoms with van der Waals surface area (Å²) in [6, 6.07) is 0. The molecule has 0 saturated carbocycles. The molecule has 0 aliphatic rings. The first kappa shape index (κ1) is 53.8. The Morgan fingerprint density at radius 1 is 0.464 bits per heavy atom. The topological polar surface area (TPSA) is 165 Å². The molecule has 12 heteroatoms. The molecule has 0 fully saturated rings. The summed E-state index contributed by atoms with van der Waals surface area (Å²) >= 11 is 0. The van der Waals surface area contributed by atoms with Gasteiger partial charge in [-0.2, -0.15) is 8.42 Å². The molecule has 0 rings (SSSR count). The molecule has 0 saturated heterocycles. The Balaban J connectivity index is 3.85. The number of carbonyl (C=O) groups is 4. The second-order valence-corrected chi connectivity index (χ2v) is 17.3. The first-order valence-corrected chi connectivity index (χ1v) is 24.4. The lowest BCUT2D eigenvalue weighted by atomic mass is 10.0. The molecule has 1 atom stereocenters. The summed E-state index contributed by atoms with van der Waals surface area (Å²) in [6.45, 7) is 4.00. The second-order valence-electron chi connectivity index (χ2n) is 15.7. The molecule has 0 spiro atoms. The fourth-order valence-corrected chi connectivity index (χ4v) is 7.46. The Bertz CT molecular complexity index is 1070. The maximum Gasteiger partial charge on any atom is 0.327 e. The van der Waals surface area contributed by atoms with Crippen LogP contribution in [0.4, 0.5) is 0 Å². The van der Waals surface area contributed by atoms with Gasteiger partial charge in [-0.15, -0.1) is 0 Å². The highest BCUT2D eigenvalue weighted by atomic mass is 32.2. The predicted octanol–water partition coefficient (Wildman–Crippen LogP) is 10.5. The standard InChI is InChI=1S/C44H84N2O9S/c1-3-5-7-9-11-13-15-17-19-21-23-25-27-29-31-33-41(47)45-35-37-54-43(49)39-40(56(51,52)53)44(50)55-38-36-46-42(48)34-32-30-28-26-24-22-20-18-16-14-12-10-8-6-4-2/h40H,3-39H2,1-2H3,(H,45,47)(H,46,48)(H,51,52,53). The summed E-state index contributed by atoms with van der Waals surface area (Å²) in [7, 11) is -4.95. The number of nitrogens with one attached hydrogen (secondary N) is 2. The second kappa shape index (κ2) is 39.6. The zero-order valence-electron chi connectivity index (χ0n) is 35.9. The Morgan fingerprint density at radius 2 is 0.750 bits per heavy atom. The first-order valence-electron chi connectivity index (χ1n) is 22.9. The van der Waals surface area contributed by atoms with Crippen LogP contribution in [-0.4, -0.2) is 68.3 Å². The summed E-state index contributed by atoms with van der Waals surface area (Å²) < 4.78 is 43.0. The van der Waals surface area contributed by atoms with E-state index in [1.54, 1.807) is 0 Å². The molecule has 1 unspecified atom stereocenters. The van der Waals surface area contributed by atoms with Crippen molar-refractivity contribution in [3.8, 4) is 0 Å². The van der Waals surface area contributed by atoms with E-state index < -0.39 is 33.7 Å². The average molecular weight is 817 g/mol. The van der Waals surface area contributed by atoms with Crippen LogP contribution in [0.15, 0.2) is 0 Å². The van der Waals surface area contributed by atoms with Crippen LogP contribution >= 0.6 is 0 Å². The zero-order chi connectivity index (χ0) is 41.4. The van der Waals surface area contributed by atoms with Gasteiger partial charge in [0.15, 0.2) is 5.25 Å². The number of carbonyl (C=O) groups excluding carboxylic acids is 4. The SMILES string of the molecule is CCCCCCCCCCCCCCCCCC(=O)NCCOC(=O)CC(C(=O)OCCNC(=O)CCCCCCCCCCCCCCCCC)S(=O)(=O)O. The number of unbranched alkanes of at least 4 members (excludes halogenated alkanes) is 28. The highest BCUT2D eigenvalue weighted by molar-refractivity contribution is 7.87. The van der Waals surface area contributed by atoms with Crippen molar-refractivity contribution in [3.05, 3.63) is 0 Å². The molecule has 0 radical (unpaired) electrons. The van der Waals surface area contributed by atoms with Gasteiger partial charge in [0.05, 0.1) is 19.5 Å². The fourth-order valence-electron chi connectivity index (χ4n) is 6.80. The van der Waals surface area contributed by atoms with Crippen LogP contribution in [0.5, 0.6) is 0 Å². The Hall–Kier alpha value is -2.21. The number of esters is 2. The third kappa shape index (κ3) is 37.4. The molecular formula is C44H84N2O9S. The molecular weight excluding hydrogens is 733 g/mol. The molecule has 0 aromatic heterocycles. The van der Waals surface area contributed by atoms with Crippen molar-refractivity contribution in [1.29, 1.82) is 0 Å². The zero-order valence-corrected chi connectivity index (χ0v) is 36.7. The lowest BCUT2D eigenvalue weighted by molar-refractivity contribution is -0.150. The molecule has 0 aromatic carbocycles. The Labute approximate surface area is 342 Å². The van der Waals surface area contributed by atoms with Crippen LogP contribution in [0, 0.1) is 0 Å². The number of ether oxygens (including phenoxy) is 2. The minimum Gasteiger partial charge on any atom is -0.464 e. The van der Waals surface area contributed by atoms with Crippen molar-refractivity contribution in [1.82, 2.24) is 10.6 Å². The molecule has 11 nitrogen and oxygen atoms in total. The van der Waals surface area contributed by atoms with Crippen LogP contribution in [0.2, 0.25) is 0 Å². The number of hydrogen-bond donors (Lipinski definition) is 3. The quantitative estimate of drug-likeness (QED) is 0.0309. The van der Waals surface area contributed by atoms with E-state index in [4.69, 9.17) is 9.47 Å². The molecule has 0 heterocycles. The van der Waals surface area contributed by atoms with Crippen molar-refractivity contribution in [2.75, 3.05) is 26.3 Å². The molecule has 0 aliphatic heterocycles. The minimum absolute atomic E-state index is 0.0228. The van der Waals surface area contributed by atoms with Crippen LogP contribution < -0.4 is 10.6 Å². The van der Waals surface area contributed by atoms with E-state index in [-0.39, 0.29) is 38.1 Å². The van der Waals surface area contributed by atoms with Gasteiger partial charge >= 0.3 is 11.9 Å². The van der Waals surface area contributed by atoms with Crippen LogP contribution in [0.25, 0.3) is 0 Å². The third-order valence-corrected chi connectivity index (χ3v) is 11.4. The maximum absolute atomic E-state index is 12.4. The Morgan fingerprint density at radius 3 is 1.05 bits per heavy atom. The minimum atomic E-state index is -4.95. The van der Waals surface area contributed by atoms with E-state index in [1.807, 2.05) is 0 Å². The monoisotopic (exact) mass is 817 g/mol. The van der Waals surface area contributed by atoms with Gasteiger partial charge in [-0.05, 0) is 12.8 Å². The van der Waals surface area contributed by atoms with Gasteiger partial charge in [0, 0.05) is 12.8 Å². The van der Waals surface area contributed by atoms with Crippen molar-refractivity contribution in [2.45, 2.75) is 231 Å². The summed E-state index contributed by atoms with van der Waals surface area (Å²) in [5.74, 6) is -2.68. The number of hydrogen-bond acceptors (Lipinski definition) is 8. The van der Waals surface area contributed by atoms with Gasteiger partial charge in [-0.3, -0.25) is 23.7 Å². The summed E-state index contributed by atoms with van der Waals surface area (Å²) in [6.07, 6.45) is 37.1. The normalized spacial score (nSPS) is 12.0. The van der Waals surface area contributed by atoms with Crippen molar-refractivity contribution >= 4 is 33.9 Å². The summed E-state index contributed by atoms with van der Waals surface area (Å²) in [4.78, 5) is 48.8. The van der Waals surface area contributed by atoms with Crippen molar-refractivity contribution in [3.63, 3.8) is 0 Å². The van der Waals surface area contributed by atoms with E-state index in [2.05, 4.69) is 24.5 Å². The predicted molar refractivity (Wildman–Crippen MR) is 227 cm³/mol. The molecule has 0 aliphatic carbocycles. The van der Waals surface area contributed by atoms with Gasteiger partial charge in [0.2, 0.25) is 11.8 Å². The smallest absolute Gasteiger partial charge is 0.327 e. The lowest BCUT2D eigenvalue weighted by Gasteiger charge is -2.13. The summed E-state index contributed by atoms with van der Waals surface area (Å²) in [5, 5.41) is 3.15. The highest BCUT2D eigenvalue weighted by Crippen LogP contribution is 2.15. The molecule has 56 heavy (non-hydrogen) atoms. The molecule has 0 aromatic rings. The lowest BCUT2D eigenvalue weighted by Crippen LogP contribution is -2.36. The average Bonchev–Trinajstić information content (AvgIpc) is 3.16.